The van der Waals surface area contributed by atoms with Crippen LogP contribution in [0.2, 0.25) is 0 Å². The van der Waals surface area contributed by atoms with Gasteiger partial charge in [-0.25, -0.2) is 0 Å². The molecule has 1 saturated heterocycles. The van der Waals surface area contributed by atoms with Crippen LogP contribution in [0.1, 0.15) is 50.7 Å². The first-order valence-corrected chi connectivity index (χ1v) is 10.5. The number of carbonyl (C=O) groups excluding carboxylic acids is 1. The van der Waals surface area contributed by atoms with E-state index in [1.54, 1.807) is 12.0 Å². The molecule has 1 atom stereocenters. The molecule has 1 aliphatic heterocycles. The van der Waals surface area contributed by atoms with Gasteiger partial charge in [-0.2, -0.15) is 0 Å². The molecular formula is C20H25BrN2O2S. The maximum Gasteiger partial charge on any atom is 0.259 e. The Labute approximate surface area is 168 Å². The van der Waals surface area contributed by atoms with Gasteiger partial charge in [-0.05, 0) is 81.4 Å². The van der Waals surface area contributed by atoms with Crippen molar-refractivity contribution in [3.8, 4) is 0 Å². The number of amides is 1. The van der Waals surface area contributed by atoms with Gasteiger partial charge in [-0.15, -0.1) is 0 Å². The normalized spacial score (nSPS) is 33.4. The summed E-state index contributed by atoms with van der Waals surface area (Å²) in [5.74, 6) is 0.116. The Bertz CT molecular complexity index is 773. The lowest BCUT2D eigenvalue weighted by molar-refractivity contribution is -0.139. The number of nitrogens with one attached hydrogen (secondary N) is 1. The molecule has 1 amide bonds. The molecule has 2 aliphatic carbocycles. The first kappa shape index (κ1) is 18.4. The first-order chi connectivity index (χ1) is 12.3. The number of rotatable bonds is 2. The number of benzene rings is 1. The van der Waals surface area contributed by atoms with Crippen LogP contribution in [0.25, 0.3) is 0 Å². The highest BCUT2D eigenvalue weighted by molar-refractivity contribution is 9.10. The van der Waals surface area contributed by atoms with E-state index in [1.807, 2.05) is 13.8 Å². The van der Waals surface area contributed by atoms with Crippen LogP contribution in [-0.4, -0.2) is 35.2 Å². The predicted molar refractivity (Wildman–Crippen MR) is 109 cm³/mol. The number of ether oxygens (including phenoxy) is 1. The standard InChI is InChI=1S/C20H25BrN2O2S/c1-12(2)23-17(24)20(22-18(23)26)16-10-14(21)5-4-13(16)11-19(20)8-6-15(25-3)7-9-19/h4-5,10,12,15H,6-9,11H2,1-3H3,(H,22,26). The Morgan fingerprint density at radius 3 is 2.62 bits per heavy atom. The number of carbonyl (C=O) groups is 1. The lowest BCUT2D eigenvalue weighted by atomic mass is 9.61. The Kier molecular flexibility index (Phi) is 4.44. The first-order valence-electron chi connectivity index (χ1n) is 9.32. The molecule has 0 bridgehead atoms. The van der Waals surface area contributed by atoms with Crippen LogP contribution in [0, 0.1) is 5.41 Å². The van der Waals surface area contributed by atoms with Crippen molar-refractivity contribution in [3.05, 3.63) is 33.8 Å². The van der Waals surface area contributed by atoms with Crippen LogP contribution in [0.15, 0.2) is 22.7 Å². The SMILES string of the molecule is COC1CCC2(CC1)Cc1ccc(Br)cc1C21NC(=S)N(C(C)C)C1=O. The Morgan fingerprint density at radius 1 is 1.35 bits per heavy atom. The highest BCUT2D eigenvalue weighted by atomic mass is 79.9. The zero-order valence-corrected chi connectivity index (χ0v) is 17.9. The van der Waals surface area contributed by atoms with Gasteiger partial charge in [0.1, 0.15) is 0 Å². The fourth-order valence-electron chi connectivity index (χ4n) is 5.32. The van der Waals surface area contributed by atoms with Crippen molar-refractivity contribution in [2.75, 3.05) is 7.11 Å². The summed E-state index contributed by atoms with van der Waals surface area (Å²) in [6.07, 6.45) is 5.10. The molecule has 6 heteroatoms. The van der Waals surface area contributed by atoms with Crippen LogP contribution in [0.5, 0.6) is 0 Å². The largest absolute Gasteiger partial charge is 0.381 e. The molecule has 3 aliphatic rings. The van der Waals surface area contributed by atoms with E-state index in [0.717, 1.165) is 42.1 Å². The van der Waals surface area contributed by atoms with Crippen molar-refractivity contribution < 1.29 is 9.53 Å². The molecule has 1 aromatic rings. The number of hydrogen-bond acceptors (Lipinski definition) is 3. The molecule has 2 fully saturated rings. The predicted octanol–water partition coefficient (Wildman–Crippen LogP) is 3.90. The van der Waals surface area contributed by atoms with Gasteiger partial charge in [0.15, 0.2) is 10.7 Å². The summed E-state index contributed by atoms with van der Waals surface area (Å²) < 4.78 is 6.60. The summed E-state index contributed by atoms with van der Waals surface area (Å²) in [5.41, 5.74) is 1.47. The summed E-state index contributed by atoms with van der Waals surface area (Å²) in [4.78, 5) is 15.6. The fourth-order valence-corrected chi connectivity index (χ4v) is 6.13. The minimum atomic E-state index is -0.744. The second-order valence-electron chi connectivity index (χ2n) is 8.14. The maximum atomic E-state index is 13.8. The fraction of sp³-hybridized carbons (Fsp3) is 0.600. The van der Waals surface area contributed by atoms with Gasteiger partial charge in [0.05, 0.1) is 6.10 Å². The van der Waals surface area contributed by atoms with Gasteiger partial charge < -0.3 is 10.1 Å². The minimum absolute atomic E-state index is 0.0467. The molecule has 1 unspecified atom stereocenters. The average molecular weight is 437 g/mol. The van der Waals surface area contributed by atoms with Crippen LogP contribution >= 0.6 is 28.1 Å². The highest BCUT2D eigenvalue weighted by Crippen LogP contribution is 2.60. The van der Waals surface area contributed by atoms with Crippen molar-refractivity contribution >= 4 is 39.2 Å². The molecule has 1 aromatic carbocycles. The molecule has 4 nitrogen and oxygen atoms in total. The van der Waals surface area contributed by atoms with Crippen molar-refractivity contribution in [1.29, 1.82) is 0 Å². The van der Waals surface area contributed by atoms with Gasteiger partial charge in [-0.3, -0.25) is 9.69 Å². The summed E-state index contributed by atoms with van der Waals surface area (Å²) in [6.45, 7) is 4.05. The molecule has 1 heterocycles. The number of thiocarbonyl (C=S) groups is 1. The van der Waals surface area contributed by atoms with Crippen LogP contribution in [0.3, 0.4) is 0 Å². The second kappa shape index (κ2) is 6.28. The molecule has 1 saturated carbocycles. The van der Waals surface area contributed by atoms with Crippen molar-refractivity contribution in [3.63, 3.8) is 0 Å². The molecule has 2 spiro atoms. The van der Waals surface area contributed by atoms with E-state index in [0.29, 0.717) is 5.11 Å². The number of methoxy groups -OCH3 is 1. The van der Waals surface area contributed by atoms with E-state index in [4.69, 9.17) is 17.0 Å². The minimum Gasteiger partial charge on any atom is -0.381 e. The summed E-state index contributed by atoms with van der Waals surface area (Å²) >= 11 is 9.22. The summed E-state index contributed by atoms with van der Waals surface area (Å²) in [6, 6.07) is 6.40. The van der Waals surface area contributed by atoms with Crippen molar-refractivity contribution in [2.45, 2.75) is 63.6 Å². The molecule has 0 aromatic heterocycles. The Hall–Kier alpha value is -0.980. The molecule has 4 rings (SSSR count). The topological polar surface area (TPSA) is 41.6 Å². The van der Waals surface area contributed by atoms with Crippen LogP contribution < -0.4 is 5.32 Å². The van der Waals surface area contributed by atoms with E-state index in [2.05, 4.69) is 39.4 Å². The smallest absolute Gasteiger partial charge is 0.259 e. The van der Waals surface area contributed by atoms with E-state index in [9.17, 15) is 4.79 Å². The Balaban J connectivity index is 1.87. The number of fused-ring (bicyclic) bond motifs is 3. The zero-order chi connectivity index (χ0) is 18.7. The molecule has 26 heavy (non-hydrogen) atoms. The van der Waals surface area contributed by atoms with Gasteiger partial charge in [0.25, 0.3) is 5.91 Å². The second-order valence-corrected chi connectivity index (χ2v) is 9.45. The van der Waals surface area contributed by atoms with E-state index >= 15 is 0 Å². The molecule has 1 N–H and O–H groups in total. The van der Waals surface area contributed by atoms with Crippen LogP contribution in [-0.2, 0) is 21.5 Å². The lowest BCUT2D eigenvalue weighted by Crippen LogP contribution is -2.57. The molecular weight excluding hydrogens is 412 g/mol. The van der Waals surface area contributed by atoms with Gasteiger partial charge in [0.2, 0.25) is 0 Å². The average Bonchev–Trinajstić information content (AvgIpc) is 3.02. The third-order valence-electron chi connectivity index (χ3n) is 6.59. The highest BCUT2D eigenvalue weighted by Gasteiger charge is 2.67. The number of nitrogens with zero attached hydrogens (tertiary/aromatic N) is 1. The van der Waals surface area contributed by atoms with Gasteiger partial charge in [0, 0.05) is 23.0 Å². The van der Waals surface area contributed by atoms with E-state index in [1.165, 1.54) is 5.56 Å². The van der Waals surface area contributed by atoms with Crippen molar-refractivity contribution in [1.82, 2.24) is 10.2 Å². The third-order valence-corrected chi connectivity index (χ3v) is 7.38. The number of hydrogen-bond donors (Lipinski definition) is 1. The third kappa shape index (κ3) is 2.34. The lowest BCUT2D eigenvalue weighted by Gasteiger charge is -2.46. The molecule has 140 valence electrons. The van der Waals surface area contributed by atoms with Crippen LogP contribution in [0.4, 0.5) is 0 Å². The van der Waals surface area contributed by atoms with E-state index < -0.39 is 5.54 Å². The summed E-state index contributed by atoms with van der Waals surface area (Å²) in [7, 11) is 1.79. The van der Waals surface area contributed by atoms with E-state index in [-0.39, 0.29) is 23.5 Å². The quantitative estimate of drug-likeness (QED) is 0.713. The summed E-state index contributed by atoms with van der Waals surface area (Å²) in [5, 5.41) is 4.09. The maximum absolute atomic E-state index is 13.8. The Morgan fingerprint density at radius 2 is 2.04 bits per heavy atom. The monoisotopic (exact) mass is 436 g/mol. The number of halogens is 1. The van der Waals surface area contributed by atoms with Crippen molar-refractivity contribution in [2.24, 2.45) is 5.41 Å². The van der Waals surface area contributed by atoms with Gasteiger partial charge in [-0.1, -0.05) is 22.0 Å². The van der Waals surface area contributed by atoms with Gasteiger partial charge >= 0.3 is 0 Å². The zero-order valence-electron chi connectivity index (χ0n) is 15.5. The molecule has 0 radical (unpaired) electrons.